The van der Waals surface area contributed by atoms with Gasteiger partial charge in [0.05, 0.1) is 0 Å². The maximum Gasteiger partial charge on any atom is 0.307 e. The van der Waals surface area contributed by atoms with E-state index in [1.165, 1.54) is 0 Å². The van der Waals surface area contributed by atoms with E-state index in [1.807, 2.05) is 0 Å². The zero-order valence-corrected chi connectivity index (χ0v) is 6.10. The molecule has 0 spiro atoms. The molecular formula is C6H13NO2. The second kappa shape index (κ2) is 4.32. The van der Waals surface area contributed by atoms with Crippen LogP contribution in [0.25, 0.3) is 0 Å². The quantitative estimate of drug-likeness (QED) is 0.448. The lowest BCUT2D eigenvalue weighted by atomic mass is 10.5. The predicted molar refractivity (Wildman–Crippen MR) is 34.9 cm³/mol. The lowest BCUT2D eigenvalue weighted by Gasteiger charge is -2.09. The molecule has 0 amide bonds. The molecule has 0 heterocycles. The highest BCUT2D eigenvalue weighted by Gasteiger charge is 2.02. The molecule has 1 N–H and O–H groups in total. The number of rotatable bonds is 3. The number of hydrogen-bond donors (Lipinski definition) is 1. The summed E-state index contributed by atoms with van der Waals surface area (Å²) in [4.78, 5) is 10.5. The van der Waals surface area contributed by atoms with Crippen molar-refractivity contribution in [2.24, 2.45) is 0 Å². The monoisotopic (exact) mass is 131 g/mol. The summed E-state index contributed by atoms with van der Waals surface area (Å²) in [6.07, 6.45) is 0.267. The molecule has 3 nitrogen and oxygen atoms in total. The van der Waals surface area contributed by atoms with E-state index in [9.17, 15) is 4.79 Å². The number of hydrogen-bond acceptors (Lipinski definition) is 3. The number of carbonyl (C=O) groups is 1. The zero-order valence-electron chi connectivity index (χ0n) is 6.10. The number of nitrogens with one attached hydrogen (secondary N) is 1. The van der Waals surface area contributed by atoms with Gasteiger partial charge in [0.15, 0.2) is 0 Å². The Kier molecular flexibility index (Phi) is 4.05. The maximum atomic E-state index is 10.5. The molecule has 0 rings (SSSR count). The topological polar surface area (TPSA) is 38.3 Å². The van der Waals surface area contributed by atoms with Gasteiger partial charge in [-0.15, -0.1) is 0 Å². The van der Waals surface area contributed by atoms with Crippen molar-refractivity contribution in [3.8, 4) is 0 Å². The Morgan fingerprint density at radius 3 is 2.67 bits per heavy atom. The molecule has 3 heteroatoms. The molecular weight excluding hydrogens is 118 g/mol. The summed E-state index contributed by atoms with van der Waals surface area (Å²) >= 11 is 0. The van der Waals surface area contributed by atoms with E-state index in [0.29, 0.717) is 6.42 Å². The molecule has 1 unspecified atom stereocenters. The lowest BCUT2D eigenvalue weighted by Crippen LogP contribution is -2.27. The Morgan fingerprint density at radius 2 is 2.33 bits per heavy atom. The average Bonchev–Trinajstić information content (AvgIpc) is 1.87. The Bertz CT molecular complexity index is 93.1. The van der Waals surface area contributed by atoms with E-state index in [1.54, 1.807) is 20.9 Å². The Hall–Kier alpha value is -0.570. The summed E-state index contributed by atoms with van der Waals surface area (Å²) < 4.78 is 4.80. The van der Waals surface area contributed by atoms with Crippen molar-refractivity contribution < 1.29 is 9.53 Å². The molecule has 0 radical (unpaired) electrons. The van der Waals surface area contributed by atoms with Gasteiger partial charge >= 0.3 is 5.97 Å². The largest absolute Gasteiger partial charge is 0.447 e. The number of carbonyl (C=O) groups excluding carboxylic acids is 1. The molecule has 0 aliphatic heterocycles. The van der Waals surface area contributed by atoms with Crippen LogP contribution in [0.4, 0.5) is 0 Å². The van der Waals surface area contributed by atoms with E-state index in [2.05, 4.69) is 5.32 Å². The van der Waals surface area contributed by atoms with Crippen LogP contribution in [0.3, 0.4) is 0 Å². The fourth-order valence-electron chi connectivity index (χ4n) is 0.339. The number of ether oxygens (including phenoxy) is 1. The van der Waals surface area contributed by atoms with Gasteiger partial charge in [-0.25, -0.2) is 0 Å². The van der Waals surface area contributed by atoms with E-state index in [0.717, 1.165) is 0 Å². The highest BCUT2D eigenvalue weighted by Crippen LogP contribution is 1.88. The minimum absolute atomic E-state index is 0.169. The summed E-state index contributed by atoms with van der Waals surface area (Å²) in [6.45, 7) is 3.55. The van der Waals surface area contributed by atoms with Crippen molar-refractivity contribution >= 4 is 5.97 Å². The van der Waals surface area contributed by atoms with Crippen molar-refractivity contribution in [1.29, 1.82) is 0 Å². The van der Waals surface area contributed by atoms with Crippen LogP contribution in [-0.2, 0) is 9.53 Å². The first-order chi connectivity index (χ1) is 4.20. The Balaban J connectivity index is 3.34. The van der Waals surface area contributed by atoms with Gasteiger partial charge in [-0.05, 0) is 14.0 Å². The maximum absolute atomic E-state index is 10.5. The highest BCUT2D eigenvalue weighted by molar-refractivity contribution is 5.68. The van der Waals surface area contributed by atoms with Crippen molar-refractivity contribution in [2.75, 3.05) is 7.05 Å². The fourth-order valence-corrected chi connectivity index (χ4v) is 0.339. The summed E-state index contributed by atoms with van der Waals surface area (Å²) in [6, 6.07) is 0. The summed E-state index contributed by atoms with van der Waals surface area (Å²) in [5.74, 6) is -0.170. The average molecular weight is 131 g/mol. The van der Waals surface area contributed by atoms with Crippen LogP contribution in [0, 0.1) is 0 Å². The second-order valence-corrected chi connectivity index (χ2v) is 1.77. The van der Waals surface area contributed by atoms with Crippen LogP contribution < -0.4 is 5.32 Å². The molecule has 0 aliphatic rings. The van der Waals surface area contributed by atoms with E-state index in [4.69, 9.17) is 4.74 Å². The fraction of sp³-hybridized carbons (Fsp3) is 0.833. The minimum atomic E-state index is -0.170. The van der Waals surface area contributed by atoms with Gasteiger partial charge in [0.2, 0.25) is 0 Å². The first kappa shape index (κ1) is 8.43. The van der Waals surface area contributed by atoms with Crippen molar-refractivity contribution in [3.63, 3.8) is 0 Å². The van der Waals surface area contributed by atoms with Crippen molar-refractivity contribution in [3.05, 3.63) is 0 Å². The first-order valence-corrected chi connectivity index (χ1v) is 3.07. The molecule has 9 heavy (non-hydrogen) atoms. The molecule has 0 aromatic carbocycles. The van der Waals surface area contributed by atoms with Crippen LogP contribution in [0.5, 0.6) is 0 Å². The van der Waals surface area contributed by atoms with Gasteiger partial charge in [-0.3, -0.25) is 10.1 Å². The Labute approximate surface area is 55.4 Å². The van der Waals surface area contributed by atoms with Crippen LogP contribution in [-0.4, -0.2) is 19.2 Å². The first-order valence-electron chi connectivity index (χ1n) is 3.07. The van der Waals surface area contributed by atoms with Gasteiger partial charge in [0, 0.05) is 6.42 Å². The molecule has 0 aromatic rings. The van der Waals surface area contributed by atoms with Crippen LogP contribution >= 0.6 is 0 Å². The SMILES string of the molecule is CCC(=O)OC(C)NC. The zero-order chi connectivity index (χ0) is 7.28. The van der Waals surface area contributed by atoms with Crippen LogP contribution in [0.1, 0.15) is 20.3 Å². The van der Waals surface area contributed by atoms with Crippen LogP contribution in [0.15, 0.2) is 0 Å². The van der Waals surface area contributed by atoms with E-state index in [-0.39, 0.29) is 12.2 Å². The minimum Gasteiger partial charge on any atom is -0.447 e. The molecule has 0 saturated carbocycles. The molecule has 0 aromatic heterocycles. The van der Waals surface area contributed by atoms with Gasteiger partial charge in [-0.1, -0.05) is 6.92 Å². The third-order valence-corrected chi connectivity index (χ3v) is 1.00. The summed E-state index contributed by atoms with van der Waals surface area (Å²) in [5, 5.41) is 2.79. The molecule has 0 aliphatic carbocycles. The van der Waals surface area contributed by atoms with Crippen LogP contribution in [0.2, 0.25) is 0 Å². The van der Waals surface area contributed by atoms with Crippen molar-refractivity contribution in [2.45, 2.75) is 26.5 Å². The molecule has 0 bridgehead atoms. The van der Waals surface area contributed by atoms with Gasteiger partial charge < -0.3 is 4.74 Å². The number of esters is 1. The van der Waals surface area contributed by atoms with Gasteiger partial charge in [0.1, 0.15) is 6.23 Å². The van der Waals surface area contributed by atoms with Gasteiger partial charge in [0.25, 0.3) is 0 Å². The third kappa shape index (κ3) is 3.97. The highest BCUT2D eigenvalue weighted by atomic mass is 16.6. The normalized spacial score (nSPS) is 12.8. The van der Waals surface area contributed by atoms with E-state index < -0.39 is 0 Å². The lowest BCUT2D eigenvalue weighted by molar-refractivity contribution is -0.148. The summed E-state index contributed by atoms with van der Waals surface area (Å²) in [7, 11) is 1.74. The van der Waals surface area contributed by atoms with Gasteiger partial charge in [-0.2, -0.15) is 0 Å². The Morgan fingerprint density at radius 1 is 1.78 bits per heavy atom. The molecule has 0 fully saturated rings. The molecule has 0 saturated heterocycles. The summed E-state index contributed by atoms with van der Waals surface area (Å²) in [5.41, 5.74) is 0. The van der Waals surface area contributed by atoms with E-state index >= 15 is 0 Å². The molecule has 1 atom stereocenters. The predicted octanol–water partition coefficient (Wildman–Crippen LogP) is 0.505. The van der Waals surface area contributed by atoms with Crippen molar-refractivity contribution in [1.82, 2.24) is 5.32 Å². The standard InChI is InChI=1S/C6H13NO2/c1-4-6(8)9-5(2)7-3/h5,7H,4H2,1-3H3. The smallest absolute Gasteiger partial charge is 0.307 e. The second-order valence-electron chi connectivity index (χ2n) is 1.77. The third-order valence-electron chi connectivity index (χ3n) is 1.00. The molecule has 54 valence electrons.